The number of nitrogens with zero attached hydrogens (tertiary/aromatic N) is 7. The minimum Gasteiger partial charge on any atom is -0.491 e. The molecule has 5 aromatic rings. The molecule has 0 saturated carbocycles. The Morgan fingerprint density at radius 2 is 1.78 bits per heavy atom. The van der Waals surface area contributed by atoms with Crippen LogP contribution in [0.5, 0.6) is 5.75 Å². The maximum absolute atomic E-state index is 14.9. The third-order valence-electron chi connectivity index (χ3n) is 9.36. The molecule has 0 atom stereocenters. The van der Waals surface area contributed by atoms with Crippen LogP contribution >= 0.6 is 30.3 Å². The molecule has 2 aromatic carbocycles. The van der Waals surface area contributed by atoms with E-state index in [1.54, 1.807) is 37.3 Å². The van der Waals surface area contributed by atoms with Crippen LogP contribution in [-0.2, 0) is 36.2 Å². The van der Waals surface area contributed by atoms with Crippen LogP contribution in [0.2, 0.25) is 25.7 Å². The van der Waals surface area contributed by atoms with E-state index in [-0.39, 0.29) is 37.4 Å². The molecule has 0 aliphatic heterocycles. The van der Waals surface area contributed by atoms with Crippen LogP contribution in [0.4, 0.5) is 21.2 Å². The summed E-state index contributed by atoms with van der Waals surface area (Å²) in [5.41, 5.74) is 2.49. The molecule has 0 fully saturated rings. The Bertz CT molecular complexity index is 2490. The van der Waals surface area contributed by atoms with Gasteiger partial charge in [-0.15, -0.1) is 21.5 Å². The summed E-state index contributed by atoms with van der Waals surface area (Å²) in [6.07, 6.45) is 1.38. The number of para-hydroxylation sites is 1. The van der Waals surface area contributed by atoms with Gasteiger partial charge in [-0.3, -0.25) is 14.0 Å². The van der Waals surface area contributed by atoms with Crippen molar-refractivity contribution in [3.05, 3.63) is 80.8 Å². The van der Waals surface area contributed by atoms with Crippen LogP contribution < -0.4 is 14.4 Å². The molecular formula is C44H59FN7O7PS2Si. The summed E-state index contributed by atoms with van der Waals surface area (Å²) in [5, 5.41) is 9.71. The first-order valence-corrected chi connectivity index (χ1v) is 28.0. The summed E-state index contributed by atoms with van der Waals surface area (Å²) >= 11 is 2.85. The van der Waals surface area contributed by atoms with E-state index in [0.29, 0.717) is 72.9 Å². The number of benzene rings is 2. The van der Waals surface area contributed by atoms with Crippen LogP contribution in [0.25, 0.3) is 10.2 Å². The number of aromatic nitrogens is 4. The fraction of sp³-hybridized carbons (Fsp3) is 0.477. The van der Waals surface area contributed by atoms with Crippen LogP contribution in [0.1, 0.15) is 53.2 Å². The molecule has 3 aromatic heterocycles. The van der Waals surface area contributed by atoms with Crippen molar-refractivity contribution in [2.45, 2.75) is 72.4 Å². The smallest absolute Gasteiger partial charge is 0.357 e. The van der Waals surface area contributed by atoms with Crippen molar-refractivity contribution in [2.75, 3.05) is 71.8 Å². The van der Waals surface area contributed by atoms with E-state index in [2.05, 4.69) is 58.4 Å². The maximum Gasteiger partial charge on any atom is 0.357 e. The molecule has 0 amide bonds. The molecule has 14 nitrogen and oxygen atoms in total. The van der Waals surface area contributed by atoms with E-state index in [1.807, 2.05) is 49.0 Å². The number of carbonyl (C=O) groups is 1. The van der Waals surface area contributed by atoms with E-state index in [1.165, 1.54) is 24.5 Å². The van der Waals surface area contributed by atoms with E-state index in [9.17, 15) is 13.8 Å². The van der Waals surface area contributed by atoms with E-state index >= 15 is 0 Å². The Morgan fingerprint density at radius 1 is 1.02 bits per heavy atom. The number of carbonyl (C=O) groups excluding carboxylic acids is 1. The average molecular weight is 940 g/mol. The minimum absolute atomic E-state index is 0.117. The zero-order valence-electron chi connectivity index (χ0n) is 37.7. The molecule has 0 aliphatic carbocycles. The van der Waals surface area contributed by atoms with Gasteiger partial charge in [0.2, 0.25) is 0 Å². The van der Waals surface area contributed by atoms with Crippen molar-refractivity contribution >= 4 is 71.3 Å². The van der Waals surface area contributed by atoms with Gasteiger partial charge in [-0.25, -0.2) is 14.2 Å². The van der Waals surface area contributed by atoms with E-state index in [4.69, 9.17) is 33.2 Å². The number of esters is 1. The highest BCUT2D eigenvalue weighted by atomic mass is 32.1. The monoisotopic (exact) mass is 939 g/mol. The van der Waals surface area contributed by atoms with Crippen molar-refractivity contribution < 1.29 is 37.0 Å². The van der Waals surface area contributed by atoms with Crippen molar-refractivity contribution in [3.63, 3.8) is 0 Å². The molecule has 63 heavy (non-hydrogen) atoms. The van der Waals surface area contributed by atoms with Gasteiger partial charge in [0.15, 0.2) is 38.8 Å². The quantitative estimate of drug-likeness (QED) is 0.0202. The predicted molar refractivity (Wildman–Crippen MR) is 252 cm³/mol. The summed E-state index contributed by atoms with van der Waals surface area (Å²) < 4.78 is 59.8. The third-order valence-corrected chi connectivity index (χ3v) is 15.4. The fourth-order valence-electron chi connectivity index (χ4n) is 6.14. The van der Waals surface area contributed by atoms with Gasteiger partial charge < -0.3 is 28.2 Å². The highest BCUT2D eigenvalue weighted by Crippen LogP contribution is 2.48. The molecule has 19 heteroatoms. The Morgan fingerprint density at radius 3 is 2.46 bits per heavy atom. The van der Waals surface area contributed by atoms with Crippen molar-refractivity contribution in [1.29, 1.82) is 0 Å². The zero-order chi connectivity index (χ0) is 45.6. The molecule has 0 radical (unpaired) electrons. The van der Waals surface area contributed by atoms with Gasteiger partial charge in [0.1, 0.15) is 6.73 Å². The number of fused-ring (bicyclic) bond motifs is 1. The van der Waals surface area contributed by atoms with Gasteiger partial charge in [0, 0.05) is 31.7 Å². The lowest BCUT2D eigenvalue weighted by atomic mass is 10.2. The van der Waals surface area contributed by atoms with Gasteiger partial charge in [-0.1, -0.05) is 55.0 Å². The Balaban J connectivity index is 1.42. The lowest BCUT2D eigenvalue weighted by Crippen LogP contribution is -2.23. The standard InChI is InChI=1S/C44H59FN7O7PS2Si/c1-10-58-60(54,59-11-2)27-16-24-51(39-29-32(3)41(49-48-39)47-44-52(31-56-26-28-63(7,8)9)35-18-12-13-19-37(35)61-44)43-46-40(42(53)55-6)38(62-43)20-15-25-57-36-22-21-33(30-34(36)45)17-14-23-50(4)5/h12-13,18-19,21-22,29-30H,10-11,15-16,20,23-28,31H2,1-9H3. The number of rotatable bonds is 23. The van der Waals surface area contributed by atoms with Gasteiger partial charge in [0.25, 0.3) is 0 Å². The molecule has 0 aliphatic rings. The van der Waals surface area contributed by atoms with Gasteiger partial charge >= 0.3 is 13.6 Å². The predicted octanol–water partition coefficient (Wildman–Crippen LogP) is 9.45. The van der Waals surface area contributed by atoms with Crippen LogP contribution in [-0.4, -0.2) is 106 Å². The number of anilines is 2. The largest absolute Gasteiger partial charge is 0.491 e. The third kappa shape index (κ3) is 14.6. The number of thiazole rings is 2. The van der Waals surface area contributed by atoms with Gasteiger partial charge in [-0.05, 0) is 102 Å². The SMILES string of the molecule is CCOP(=O)(CCCN(c1cc(C)c(N=c2sc3ccccc3n2COCC[Si](C)(C)C)nn1)c1nc(C(=O)OC)c(CCCOc2ccc(C#CCN(C)C)cc2F)s1)OCC. The Labute approximate surface area is 379 Å². The first-order valence-electron chi connectivity index (χ1n) is 21.0. The molecule has 0 N–H and O–H groups in total. The second kappa shape index (κ2) is 23.6. The number of methoxy groups -OCH3 is 1. The summed E-state index contributed by atoms with van der Waals surface area (Å²) in [6.45, 7) is 15.0. The Hall–Kier alpha value is -4.31. The topological polar surface area (TPSA) is 143 Å². The number of ether oxygens (including phenoxy) is 3. The number of hydrogen-bond donors (Lipinski definition) is 0. The van der Waals surface area contributed by atoms with Crippen LogP contribution in [0.3, 0.4) is 0 Å². The van der Waals surface area contributed by atoms with Gasteiger partial charge in [-0.2, -0.15) is 4.99 Å². The lowest BCUT2D eigenvalue weighted by Gasteiger charge is -2.22. The second-order valence-corrected chi connectivity index (χ2v) is 25.9. The number of aryl methyl sites for hydroxylation is 2. The van der Waals surface area contributed by atoms with Crippen molar-refractivity contribution in [1.82, 2.24) is 24.6 Å². The number of halogens is 1. The maximum atomic E-state index is 14.9. The van der Waals surface area contributed by atoms with Crippen molar-refractivity contribution in [2.24, 2.45) is 4.99 Å². The number of hydrogen-bond acceptors (Lipinski definition) is 15. The molecule has 340 valence electrons. The molecule has 3 heterocycles. The molecule has 0 spiro atoms. The van der Waals surface area contributed by atoms with Gasteiger partial charge in [0.05, 0.1) is 49.9 Å². The fourth-order valence-corrected chi connectivity index (χ4v) is 10.7. The second-order valence-electron chi connectivity index (χ2n) is 16.0. The lowest BCUT2D eigenvalue weighted by molar-refractivity contribution is 0.0593. The summed E-state index contributed by atoms with van der Waals surface area (Å²) in [5.74, 6) is 5.87. The first-order chi connectivity index (χ1) is 30.1. The van der Waals surface area contributed by atoms with Crippen LogP contribution in [0.15, 0.2) is 53.5 Å². The highest BCUT2D eigenvalue weighted by molar-refractivity contribution is 7.53. The van der Waals surface area contributed by atoms with Crippen LogP contribution in [0, 0.1) is 24.6 Å². The van der Waals surface area contributed by atoms with E-state index in [0.717, 1.165) is 26.6 Å². The Kier molecular flexibility index (Phi) is 18.6. The first kappa shape index (κ1) is 49.7. The molecule has 0 unspecified atom stereocenters. The minimum atomic E-state index is -3.36. The normalized spacial score (nSPS) is 12.2. The molecule has 0 saturated heterocycles. The molecule has 5 rings (SSSR count). The summed E-state index contributed by atoms with van der Waals surface area (Å²) in [7, 11) is 0.504. The van der Waals surface area contributed by atoms with E-state index < -0.39 is 27.5 Å². The highest BCUT2D eigenvalue weighted by Gasteiger charge is 2.27. The zero-order valence-corrected chi connectivity index (χ0v) is 41.3. The average Bonchev–Trinajstić information content (AvgIpc) is 3.81. The summed E-state index contributed by atoms with van der Waals surface area (Å²) in [4.78, 5) is 28.0. The van der Waals surface area contributed by atoms with Crippen molar-refractivity contribution in [3.8, 4) is 17.6 Å². The molecule has 0 bridgehead atoms. The summed E-state index contributed by atoms with van der Waals surface area (Å²) in [6, 6.07) is 15.7. The molecular weight excluding hydrogens is 881 g/mol.